The van der Waals surface area contributed by atoms with Crippen molar-refractivity contribution >= 4 is 11.6 Å². The third-order valence-electron chi connectivity index (χ3n) is 0.733. The molecule has 0 spiro atoms. The fraction of sp³-hybridized carbons (Fsp3) is 0. The molecule has 1 rings (SSSR count). The summed E-state index contributed by atoms with van der Waals surface area (Å²) < 4.78 is 0. The van der Waals surface area contributed by atoms with Gasteiger partial charge in [-0.1, -0.05) is 29.8 Å². The molecule has 0 N–H and O–H groups in total. The molecule has 0 radical (unpaired) electrons. The second kappa shape index (κ2) is 6.66. The van der Waals surface area contributed by atoms with Crippen LogP contribution in [0, 0.1) is 0 Å². The van der Waals surface area contributed by atoms with Crippen molar-refractivity contribution in [3.8, 4) is 0 Å². The SMILES string of the molecule is Clc1ccccc1.[Ag+].[Cl-]. The van der Waals surface area contributed by atoms with Crippen LogP contribution < -0.4 is 12.4 Å². The average molecular weight is 256 g/mol. The Labute approximate surface area is 81.5 Å². The third-order valence-corrected chi connectivity index (χ3v) is 0.985. The van der Waals surface area contributed by atoms with Gasteiger partial charge in [-0.3, -0.25) is 0 Å². The van der Waals surface area contributed by atoms with E-state index >= 15 is 0 Å². The van der Waals surface area contributed by atoms with Crippen LogP contribution in [0.5, 0.6) is 0 Å². The molecule has 0 saturated heterocycles. The summed E-state index contributed by atoms with van der Waals surface area (Å²) in [7, 11) is 0. The van der Waals surface area contributed by atoms with Crippen molar-refractivity contribution in [3.05, 3.63) is 35.4 Å². The molecule has 0 heterocycles. The van der Waals surface area contributed by atoms with E-state index in [0.717, 1.165) is 5.02 Å². The Morgan fingerprint density at radius 1 is 1.00 bits per heavy atom. The van der Waals surface area contributed by atoms with E-state index in [1.54, 1.807) is 0 Å². The van der Waals surface area contributed by atoms with E-state index in [2.05, 4.69) is 0 Å². The van der Waals surface area contributed by atoms with E-state index in [1.165, 1.54) is 0 Å². The summed E-state index contributed by atoms with van der Waals surface area (Å²) >= 11 is 5.54. The summed E-state index contributed by atoms with van der Waals surface area (Å²) in [6.45, 7) is 0. The number of hydrogen-bond donors (Lipinski definition) is 0. The molecule has 1 aromatic rings. The summed E-state index contributed by atoms with van der Waals surface area (Å²) in [6, 6.07) is 9.44. The first-order valence-corrected chi connectivity index (χ1v) is 2.48. The van der Waals surface area contributed by atoms with Crippen molar-refractivity contribution < 1.29 is 34.8 Å². The van der Waals surface area contributed by atoms with Gasteiger partial charge in [0.1, 0.15) is 0 Å². The van der Waals surface area contributed by atoms with Crippen LogP contribution in [0.1, 0.15) is 0 Å². The van der Waals surface area contributed by atoms with E-state index < -0.39 is 0 Å². The maximum atomic E-state index is 5.54. The standard InChI is InChI=1S/C6H5Cl.Ag.ClH/c7-6-4-2-1-3-5-6;;/h1-5H;;1H/q;+1;/p-1. The molecular formula is C6H5AgCl2. The van der Waals surface area contributed by atoms with Crippen molar-refractivity contribution in [1.29, 1.82) is 0 Å². The molecule has 1 aromatic carbocycles. The molecule has 0 saturated carbocycles. The second-order valence-corrected chi connectivity index (χ2v) is 1.73. The molecule has 0 atom stereocenters. The normalized spacial score (nSPS) is 6.78. The van der Waals surface area contributed by atoms with E-state index in [9.17, 15) is 0 Å². The molecular weight excluding hydrogens is 251 g/mol. The van der Waals surface area contributed by atoms with E-state index in [-0.39, 0.29) is 34.8 Å². The summed E-state index contributed by atoms with van der Waals surface area (Å²) in [5.41, 5.74) is 0. The van der Waals surface area contributed by atoms with Crippen LogP contribution in [-0.2, 0) is 22.4 Å². The molecule has 0 aliphatic heterocycles. The number of halogens is 2. The monoisotopic (exact) mass is 254 g/mol. The average Bonchev–Trinajstić information content (AvgIpc) is 1.69. The van der Waals surface area contributed by atoms with Crippen molar-refractivity contribution in [2.45, 2.75) is 0 Å². The van der Waals surface area contributed by atoms with Gasteiger partial charge in [-0.2, -0.15) is 0 Å². The van der Waals surface area contributed by atoms with Crippen molar-refractivity contribution in [3.63, 3.8) is 0 Å². The van der Waals surface area contributed by atoms with E-state index in [1.807, 2.05) is 30.3 Å². The zero-order valence-electron chi connectivity index (χ0n) is 4.44. The first-order valence-electron chi connectivity index (χ1n) is 2.10. The topological polar surface area (TPSA) is 0 Å². The van der Waals surface area contributed by atoms with Gasteiger partial charge in [0.05, 0.1) is 0 Å². The van der Waals surface area contributed by atoms with E-state index in [0.29, 0.717) is 0 Å². The third kappa shape index (κ3) is 5.01. The van der Waals surface area contributed by atoms with Crippen molar-refractivity contribution in [2.24, 2.45) is 0 Å². The van der Waals surface area contributed by atoms with Crippen LogP contribution in [0.25, 0.3) is 0 Å². The molecule has 9 heavy (non-hydrogen) atoms. The molecule has 54 valence electrons. The molecule has 0 aliphatic rings. The van der Waals surface area contributed by atoms with Crippen molar-refractivity contribution in [2.75, 3.05) is 0 Å². The van der Waals surface area contributed by atoms with Gasteiger partial charge in [0.15, 0.2) is 0 Å². The van der Waals surface area contributed by atoms with Crippen LogP contribution >= 0.6 is 11.6 Å². The molecule has 0 bridgehead atoms. The molecule has 0 unspecified atom stereocenters. The number of rotatable bonds is 0. The van der Waals surface area contributed by atoms with Gasteiger partial charge in [0.2, 0.25) is 0 Å². The maximum absolute atomic E-state index is 5.54. The summed E-state index contributed by atoms with van der Waals surface area (Å²) in [6.07, 6.45) is 0. The number of hydrogen-bond acceptors (Lipinski definition) is 0. The quantitative estimate of drug-likeness (QED) is 0.541. The van der Waals surface area contributed by atoms with Gasteiger partial charge >= 0.3 is 22.4 Å². The Hall–Kier alpha value is 0.540. The smallest absolute Gasteiger partial charge is 1.00 e. The molecule has 0 aliphatic carbocycles. The van der Waals surface area contributed by atoms with E-state index in [4.69, 9.17) is 11.6 Å². The van der Waals surface area contributed by atoms with Crippen LogP contribution in [0.3, 0.4) is 0 Å². The molecule has 0 amide bonds. The van der Waals surface area contributed by atoms with Gasteiger partial charge in [0.25, 0.3) is 0 Å². The summed E-state index contributed by atoms with van der Waals surface area (Å²) in [4.78, 5) is 0. The van der Waals surface area contributed by atoms with Gasteiger partial charge < -0.3 is 12.4 Å². The first kappa shape index (κ1) is 12.2. The van der Waals surface area contributed by atoms with Crippen LogP contribution in [0.2, 0.25) is 5.02 Å². The maximum Gasteiger partial charge on any atom is 1.00 e. The molecule has 0 nitrogen and oxygen atoms in total. The zero-order chi connectivity index (χ0) is 5.11. The molecule has 0 fully saturated rings. The second-order valence-electron chi connectivity index (χ2n) is 1.30. The Bertz CT molecular complexity index is 141. The summed E-state index contributed by atoms with van der Waals surface area (Å²) in [5.74, 6) is 0. The predicted octanol–water partition coefficient (Wildman–Crippen LogP) is -0.659. The fourth-order valence-corrected chi connectivity index (χ4v) is 0.560. The van der Waals surface area contributed by atoms with Gasteiger partial charge in [-0.05, 0) is 12.1 Å². The first-order chi connectivity index (χ1) is 3.39. The Morgan fingerprint density at radius 3 is 1.67 bits per heavy atom. The summed E-state index contributed by atoms with van der Waals surface area (Å²) in [5, 5.41) is 0.794. The van der Waals surface area contributed by atoms with Gasteiger partial charge in [-0.25, -0.2) is 0 Å². The van der Waals surface area contributed by atoms with Crippen LogP contribution in [0.4, 0.5) is 0 Å². The Kier molecular flexibility index (Phi) is 9.05. The van der Waals surface area contributed by atoms with Crippen LogP contribution in [0.15, 0.2) is 30.3 Å². The van der Waals surface area contributed by atoms with Crippen LogP contribution in [-0.4, -0.2) is 0 Å². The molecule has 3 heteroatoms. The Morgan fingerprint density at radius 2 is 1.44 bits per heavy atom. The van der Waals surface area contributed by atoms with Crippen molar-refractivity contribution in [1.82, 2.24) is 0 Å². The predicted molar refractivity (Wildman–Crippen MR) is 31.5 cm³/mol. The minimum absolute atomic E-state index is 0. The van der Waals surface area contributed by atoms with Gasteiger partial charge in [0, 0.05) is 5.02 Å². The number of benzene rings is 1. The zero-order valence-corrected chi connectivity index (χ0v) is 7.44. The largest absolute Gasteiger partial charge is 1.00 e. The minimum Gasteiger partial charge on any atom is -1.00 e. The molecule has 0 aromatic heterocycles. The fourth-order valence-electron chi connectivity index (χ4n) is 0.415. The van der Waals surface area contributed by atoms with Gasteiger partial charge in [-0.15, -0.1) is 0 Å². The minimum atomic E-state index is 0. The Balaban J connectivity index is 0.